The molecule has 0 amide bonds. The van der Waals surface area contributed by atoms with E-state index in [2.05, 4.69) is 6.92 Å². The Kier molecular flexibility index (Phi) is 10.1. The van der Waals surface area contributed by atoms with Gasteiger partial charge in [0.1, 0.15) is 0 Å². The van der Waals surface area contributed by atoms with Gasteiger partial charge in [-0.15, -0.1) is 11.6 Å². The van der Waals surface area contributed by atoms with Gasteiger partial charge in [0.15, 0.2) is 0 Å². The molecule has 0 aliphatic carbocycles. The van der Waals surface area contributed by atoms with Gasteiger partial charge in [-0.1, -0.05) is 44.8 Å². The summed E-state index contributed by atoms with van der Waals surface area (Å²) in [5.41, 5.74) is 0. The van der Waals surface area contributed by atoms with Gasteiger partial charge in [0.25, 0.3) is 0 Å². The number of allylic oxidation sites excluding steroid dienone is 1. The number of unbranched alkanes of at least 4 members (excludes halogenated alkanes) is 5. The predicted molar refractivity (Wildman–Crippen MR) is 59.2 cm³/mol. The van der Waals surface area contributed by atoms with Gasteiger partial charge >= 0.3 is 0 Å². The summed E-state index contributed by atoms with van der Waals surface area (Å²) in [5, 5.41) is 9.08. The number of alkyl halides is 1. The minimum Gasteiger partial charge on any atom is -0.388 e. The van der Waals surface area contributed by atoms with Gasteiger partial charge in [0, 0.05) is 0 Å². The molecule has 0 fully saturated rings. The lowest BCUT2D eigenvalue weighted by molar-refractivity contribution is 0.247. The van der Waals surface area contributed by atoms with Crippen LogP contribution in [0.25, 0.3) is 0 Å². The Hall–Kier alpha value is -0.0100. The third-order valence-corrected chi connectivity index (χ3v) is 2.31. The van der Waals surface area contributed by atoms with Crippen LogP contribution in [-0.2, 0) is 0 Å². The first-order chi connectivity index (χ1) is 6.31. The molecule has 0 aromatic carbocycles. The molecule has 1 nitrogen and oxygen atoms in total. The highest BCUT2D eigenvalue weighted by atomic mass is 35.5. The standard InChI is InChI=1S/C11H21ClO/c1-2-3-4-5-6-7-8-9-11(13)10-12/h8-9,11,13H,2-7,10H2,1H3/b9-8+. The van der Waals surface area contributed by atoms with Gasteiger partial charge in [-0.25, -0.2) is 0 Å². The molecule has 0 aromatic heterocycles. The zero-order valence-corrected chi connectivity index (χ0v) is 9.26. The fourth-order valence-electron chi connectivity index (χ4n) is 1.17. The summed E-state index contributed by atoms with van der Waals surface area (Å²) in [6.07, 6.45) is 10.9. The highest BCUT2D eigenvalue weighted by Crippen LogP contribution is 2.05. The highest BCUT2D eigenvalue weighted by molar-refractivity contribution is 6.18. The van der Waals surface area contributed by atoms with Crippen LogP contribution in [0.1, 0.15) is 45.4 Å². The average molecular weight is 205 g/mol. The van der Waals surface area contributed by atoms with E-state index in [4.69, 9.17) is 16.7 Å². The van der Waals surface area contributed by atoms with Crippen LogP contribution in [0.15, 0.2) is 12.2 Å². The number of rotatable bonds is 8. The second kappa shape index (κ2) is 10.1. The number of hydrogen-bond donors (Lipinski definition) is 1. The van der Waals surface area contributed by atoms with Crippen LogP contribution in [0.4, 0.5) is 0 Å². The van der Waals surface area contributed by atoms with Crippen LogP contribution in [-0.4, -0.2) is 17.1 Å². The van der Waals surface area contributed by atoms with Crippen LogP contribution in [0.2, 0.25) is 0 Å². The zero-order valence-electron chi connectivity index (χ0n) is 8.51. The van der Waals surface area contributed by atoms with E-state index < -0.39 is 6.10 Å². The van der Waals surface area contributed by atoms with E-state index in [1.165, 1.54) is 32.1 Å². The molecule has 1 N–H and O–H groups in total. The highest BCUT2D eigenvalue weighted by Gasteiger charge is 1.92. The summed E-state index contributed by atoms with van der Waals surface area (Å²) in [7, 11) is 0. The van der Waals surface area contributed by atoms with Crippen molar-refractivity contribution in [2.75, 3.05) is 5.88 Å². The second-order valence-corrected chi connectivity index (χ2v) is 3.66. The molecule has 13 heavy (non-hydrogen) atoms. The lowest BCUT2D eigenvalue weighted by atomic mass is 10.1. The van der Waals surface area contributed by atoms with E-state index in [-0.39, 0.29) is 0 Å². The zero-order chi connectivity index (χ0) is 9.94. The third kappa shape index (κ3) is 9.91. The number of aliphatic hydroxyl groups is 1. The second-order valence-electron chi connectivity index (χ2n) is 3.35. The van der Waals surface area contributed by atoms with Crippen molar-refractivity contribution in [3.63, 3.8) is 0 Å². The van der Waals surface area contributed by atoms with Gasteiger partial charge in [-0.05, 0) is 12.8 Å². The maximum Gasteiger partial charge on any atom is 0.0856 e. The first-order valence-corrected chi connectivity index (χ1v) is 5.75. The van der Waals surface area contributed by atoms with E-state index in [1.807, 2.05) is 6.08 Å². The van der Waals surface area contributed by atoms with E-state index in [0.717, 1.165) is 6.42 Å². The summed E-state index contributed by atoms with van der Waals surface area (Å²) >= 11 is 5.43. The van der Waals surface area contributed by atoms with Crippen LogP contribution in [0, 0.1) is 0 Å². The smallest absolute Gasteiger partial charge is 0.0856 e. The number of aliphatic hydroxyl groups excluding tert-OH is 1. The summed E-state index contributed by atoms with van der Waals surface area (Å²) < 4.78 is 0. The predicted octanol–water partition coefficient (Wildman–Crippen LogP) is 3.50. The van der Waals surface area contributed by atoms with Crippen molar-refractivity contribution >= 4 is 11.6 Å². The van der Waals surface area contributed by atoms with Crippen LogP contribution < -0.4 is 0 Å². The minimum atomic E-state index is -0.461. The molecule has 0 rings (SSSR count). The minimum absolute atomic E-state index is 0.298. The number of hydrogen-bond acceptors (Lipinski definition) is 1. The fraction of sp³-hybridized carbons (Fsp3) is 0.818. The van der Waals surface area contributed by atoms with Gasteiger partial charge in [-0.2, -0.15) is 0 Å². The van der Waals surface area contributed by atoms with Crippen molar-refractivity contribution in [2.45, 2.75) is 51.6 Å². The molecule has 1 atom stereocenters. The SMILES string of the molecule is CCCCCCC/C=C/C(O)CCl. The summed E-state index contributed by atoms with van der Waals surface area (Å²) in [6.45, 7) is 2.22. The molecule has 0 saturated carbocycles. The van der Waals surface area contributed by atoms with E-state index in [1.54, 1.807) is 6.08 Å². The van der Waals surface area contributed by atoms with Crippen LogP contribution >= 0.6 is 11.6 Å². The maximum atomic E-state index is 9.08. The average Bonchev–Trinajstić information content (AvgIpc) is 2.16. The van der Waals surface area contributed by atoms with Crippen molar-refractivity contribution in [1.82, 2.24) is 0 Å². The molecule has 2 heteroatoms. The molecule has 0 aromatic rings. The molecular weight excluding hydrogens is 184 g/mol. The van der Waals surface area contributed by atoms with Crippen molar-refractivity contribution in [3.8, 4) is 0 Å². The quantitative estimate of drug-likeness (QED) is 0.365. The lowest BCUT2D eigenvalue weighted by Crippen LogP contribution is -2.02. The molecule has 0 heterocycles. The molecule has 0 aliphatic rings. The summed E-state index contributed by atoms with van der Waals surface area (Å²) in [5.74, 6) is 0.298. The van der Waals surface area contributed by atoms with Crippen molar-refractivity contribution < 1.29 is 5.11 Å². The van der Waals surface area contributed by atoms with E-state index in [9.17, 15) is 0 Å². The third-order valence-electron chi connectivity index (χ3n) is 1.99. The molecule has 1 unspecified atom stereocenters. The van der Waals surface area contributed by atoms with Gasteiger partial charge in [-0.3, -0.25) is 0 Å². The van der Waals surface area contributed by atoms with Gasteiger partial charge in [0.05, 0.1) is 12.0 Å². The van der Waals surface area contributed by atoms with Crippen molar-refractivity contribution in [3.05, 3.63) is 12.2 Å². The van der Waals surface area contributed by atoms with Crippen LogP contribution in [0.5, 0.6) is 0 Å². The molecule has 78 valence electrons. The lowest BCUT2D eigenvalue weighted by Gasteiger charge is -1.98. The van der Waals surface area contributed by atoms with Crippen molar-refractivity contribution in [1.29, 1.82) is 0 Å². The molecule has 0 bridgehead atoms. The van der Waals surface area contributed by atoms with E-state index >= 15 is 0 Å². The molecule has 0 spiro atoms. The monoisotopic (exact) mass is 204 g/mol. The Bertz CT molecular complexity index is 123. The largest absolute Gasteiger partial charge is 0.388 e. The van der Waals surface area contributed by atoms with Crippen LogP contribution in [0.3, 0.4) is 0 Å². The molecular formula is C11H21ClO. The Morgan fingerprint density at radius 1 is 1.23 bits per heavy atom. The Morgan fingerprint density at radius 3 is 2.54 bits per heavy atom. The van der Waals surface area contributed by atoms with Crippen molar-refractivity contribution in [2.24, 2.45) is 0 Å². The summed E-state index contributed by atoms with van der Waals surface area (Å²) in [6, 6.07) is 0. The Balaban J connectivity index is 3.10. The Labute approximate surface area is 86.8 Å². The molecule has 0 aliphatic heterocycles. The topological polar surface area (TPSA) is 20.2 Å². The first-order valence-electron chi connectivity index (χ1n) is 5.22. The summed E-state index contributed by atoms with van der Waals surface area (Å²) in [4.78, 5) is 0. The van der Waals surface area contributed by atoms with Gasteiger partial charge in [0.2, 0.25) is 0 Å². The maximum absolute atomic E-state index is 9.08. The first kappa shape index (κ1) is 13.0. The normalized spacial score (nSPS) is 13.8. The fourth-order valence-corrected chi connectivity index (χ4v) is 1.27. The molecule has 0 saturated heterocycles. The van der Waals surface area contributed by atoms with Gasteiger partial charge < -0.3 is 5.11 Å². The number of halogens is 1. The molecule has 0 radical (unpaired) electrons. The Morgan fingerprint density at radius 2 is 1.92 bits per heavy atom. The van der Waals surface area contributed by atoms with E-state index in [0.29, 0.717) is 5.88 Å².